The van der Waals surface area contributed by atoms with E-state index in [4.69, 9.17) is 20.8 Å². The van der Waals surface area contributed by atoms with Crippen LogP contribution in [0.15, 0.2) is 40.8 Å². The van der Waals surface area contributed by atoms with Gasteiger partial charge in [-0.2, -0.15) is 0 Å². The van der Waals surface area contributed by atoms with Crippen LogP contribution in [0.5, 0.6) is 5.75 Å². The highest BCUT2D eigenvalue weighted by atomic mass is 35.5. The summed E-state index contributed by atoms with van der Waals surface area (Å²) >= 11 is 6.69. The number of hydrogen-bond acceptors (Lipinski definition) is 6. The number of fused-ring (bicyclic) bond motifs is 1. The smallest absolute Gasteiger partial charge is 0.290 e. The molecule has 38 heavy (non-hydrogen) atoms. The Bertz CT molecular complexity index is 1450. The van der Waals surface area contributed by atoms with Crippen LogP contribution < -0.4 is 4.74 Å². The summed E-state index contributed by atoms with van der Waals surface area (Å²) in [5.41, 5.74) is 1.54. The van der Waals surface area contributed by atoms with Crippen LogP contribution in [0, 0.1) is 5.82 Å². The summed E-state index contributed by atoms with van der Waals surface area (Å²) in [5.74, 6) is -0.399. The molecule has 1 aromatic heterocycles. The standard InChI is InChI=1S/C28H30ClFN2O5S/c29-23-16-22-24(17-25(23)36-21-8-10-31(11-9-21)20-2-1-3-20)37-27(26(22)18-4-6-19(30)7-5-18)28(33)32-12-14-38(34,35)15-13-32/h4-7,16-17,20-21H,1-3,8-15H2. The molecule has 0 unspecified atom stereocenters. The van der Waals surface area contributed by atoms with Crippen LogP contribution in [0.4, 0.5) is 4.39 Å². The number of amides is 1. The number of piperidine rings is 1. The second kappa shape index (κ2) is 10.2. The predicted molar refractivity (Wildman–Crippen MR) is 144 cm³/mol. The first-order valence-electron chi connectivity index (χ1n) is 13.2. The van der Waals surface area contributed by atoms with Crippen LogP contribution in [0.2, 0.25) is 5.02 Å². The number of ether oxygens (including phenoxy) is 1. The molecule has 0 N–H and O–H groups in total. The summed E-state index contributed by atoms with van der Waals surface area (Å²) < 4.78 is 49.9. The number of carbonyl (C=O) groups excluding carboxylic acids is 1. The van der Waals surface area contributed by atoms with Gasteiger partial charge in [-0.1, -0.05) is 30.2 Å². The van der Waals surface area contributed by atoms with Gasteiger partial charge in [0.1, 0.15) is 23.3 Å². The van der Waals surface area contributed by atoms with Gasteiger partial charge in [0.15, 0.2) is 9.84 Å². The molecular weight excluding hydrogens is 531 g/mol. The Morgan fingerprint density at radius 3 is 2.32 bits per heavy atom. The fourth-order valence-electron chi connectivity index (χ4n) is 5.59. The van der Waals surface area contributed by atoms with Crippen molar-refractivity contribution in [2.75, 3.05) is 37.7 Å². The van der Waals surface area contributed by atoms with Gasteiger partial charge in [0.25, 0.3) is 5.91 Å². The molecule has 0 radical (unpaired) electrons. The van der Waals surface area contributed by atoms with Crippen molar-refractivity contribution in [3.05, 3.63) is 53.0 Å². The number of benzene rings is 2. The first kappa shape index (κ1) is 25.6. The molecule has 3 aromatic rings. The minimum absolute atomic E-state index is 0.0456. The average Bonchev–Trinajstić information content (AvgIpc) is 3.22. The van der Waals surface area contributed by atoms with Gasteiger partial charge in [0.2, 0.25) is 5.76 Å². The van der Waals surface area contributed by atoms with Crippen LogP contribution in [0.1, 0.15) is 42.7 Å². The number of nitrogens with zero attached hydrogens (tertiary/aromatic N) is 2. The van der Waals surface area contributed by atoms with Crippen molar-refractivity contribution in [3.8, 4) is 16.9 Å². The van der Waals surface area contributed by atoms with Crippen molar-refractivity contribution in [2.45, 2.75) is 44.2 Å². The Hall–Kier alpha value is -2.62. The van der Waals surface area contributed by atoms with Crippen molar-refractivity contribution in [2.24, 2.45) is 0 Å². The van der Waals surface area contributed by atoms with E-state index in [1.165, 1.54) is 36.3 Å². The van der Waals surface area contributed by atoms with Gasteiger partial charge in [-0.15, -0.1) is 0 Å². The van der Waals surface area contributed by atoms with Gasteiger partial charge in [-0.05, 0) is 49.4 Å². The number of rotatable bonds is 5. The largest absolute Gasteiger partial charge is 0.489 e. The van der Waals surface area contributed by atoms with E-state index < -0.39 is 21.6 Å². The highest BCUT2D eigenvalue weighted by molar-refractivity contribution is 7.91. The molecule has 3 aliphatic rings. The number of halogens is 2. The second-order valence-corrected chi connectivity index (χ2v) is 13.2. The minimum Gasteiger partial charge on any atom is -0.489 e. The summed E-state index contributed by atoms with van der Waals surface area (Å²) in [6, 6.07) is 10.0. The summed E-state index contributed by atoms with van der Waals surface area (Å²) in [6.45, 7) is 2.20. The number of hydrogen-bond donors (Lipinski definition) is 0. The van der Waals surface area contributed by atoms with Crippen molar-refractivity contribution in [3.63, 3.8) is 0 Å². The van der Waals surface area contributed by atoms with Gasteiger partial charge < -0.3 is 19.0 Å². The fourth-order valence-corrected chi connectivity index (χ4v) is 7.00. The molecule has 7 nitrogen and oxygen atoms in total. The molecule has 3 fully saturated rings. The predicted octanol–water partition coefficient (Wildman–Crippen LogP) is 5.16. The third-order valence-corrected chi connectivity index (χ3v) is 9.97. The van der Waals surface area contributed by atoms with E-state index in [1.54, 1.807) is 24.3 Å². The van der Waals surface area contributed by atoms with Crippen molar-refractivity contribution in [1.82, 2.24) is 9.80 Å². The molecule has 1 aliphatic carbocycles. The Morgan fingerprint density at radius 1 is 1.00 bits per heavy atom. The van der Waals surface area contributed by atoms with Crippen LogP contribution in [-0.2, 0) is 9.84 Å². The van der Waals surface area contributed by atoms with Gasteiger partial charge in [0.05, 0.1) is 16.5 Å². The van der Waals surface area contributed by atoms with Crippen molar-refractivity contribution >= 4 is 38.3 Å². The molecule has 1 saturated carbocycles. The summed E-state index contributed by atoms with van der Waals surface area (Å²) in [6.07, 6.45) is 5.79. The zero-order valence-electron chi connectivity index (χ0n) is 21.0. The maximum Gasteiger partial charge on any atom is 0.290 e. The molecular formula is C28H30ClFN2O5S. The van der Waals surface area contributed by atoms with Crippen molar-refractivity contribution in [1.29, 1.82) is 0 Å². The molecule has 0 atom stereocenters. The van der Waals surface area contributed by atoms with Gasteiger partial charge in [-0.3, -0.25) is 4.79 Å². The first-order chi connectivity index (χ1) is 18.3. The first-order valence-corrected chi connectivity index (χ1v) is 15.4. The van der Waals surface area contributed by atoms with E-state index in [-0.39, 0.29) is 36.5 Å². The summed E-state index contributed by atoms with van der Waals surface area (Å²) in [4.78, 5) is 17.6. The molecule has 2 aliphatic heterocycles. The lowest BCUT2D eigenvalue weighted by Crippen LogP contribution is -2.46. The molecule has 202 valence electrons. The molecule has 2 aromatic carbocycles. The lowest BCUT2D eigenvalue weighted by Gasteiger charge is -2.41. The minimum atomic E-state index is -3.16. The van der Waals surface area contributed by atoms with Gasteiger partial charge >= 0.3 is 0 Å². The molecule has 0 spiro atoms. The number of furan rings is 1. The van der Waals surface area contributed by atoms with E-state index in [0.717, 1.165) is 32.0 Å². The Kier molecular flexibility index (Phi) is 6.86. The normalized spacial score (nSPS) is 20.9. The highest BCUT2D eigenvalue weighted by Gasteiger charge is 2.32. The Labute approximate surface area is 226 Å². The van der Waals surface area contributed by atoms with E-state index in [0.29, 0.717) is 32.9 Å². The number of carbonyl (C=O) groups is 1. The second-order valence-electron chi connectivity index (χ2n) is 10.5. The molecule has 2 saturated heterocycles. The lowest BCUT2D eigenvalue weighted by molar-refractivity contribution is 0.0494. The topological polar surface area (TPSA) is 80.1 Å². The van der Waals surface area contributed by atoms with Gasteiger partial charge in [0, 0.05) is 49.2 Å². The Morgan fingerprint density at radius 2 is 1.68 bits per heavy atom. The van der Waals surface area contributed by atoms with Crippen molar-refractivity contribution < 1.29 is 26.8 Å². The molecule has 0 bridgehead atoms. The van der Waals surface area contributed by atoms with E-state index >= 15 is 0 Å². The van der Waals surface area contributed by atoms with Gasteiger partial charge in [-0.25, -0.2) is 12.8 Å². The zero-order chi connectivity index (χ0) is 26.4. The van der Waals surface area contributed by atoms with E-state index in [2.05, 4.69) is 4.90 Å². The molecule has 3 heterocycles. The lowest BCUT2D eigenvalue weighted by atomic mass is 9.90. The maximum atomic E-state index is 13.7. The summed E-state index contributed by atoms with van der Waals surface area (Å²) in [7, 11) is -3.16. The van der Waals surface area contributed by atoms with E-state index in [9.17, 15) is 17.6 Å². The zero-order valence-corrected chi connectivity index (χ0v) is 22.6. The Balaban J connectivity index is 1.31. The third-order valence-electron chi connectivity index (χ3n) is 8.06. The SMILES string of the molecule is O=C(c1oc2cc(OC3CCN(C4CCC4)CC3)c(Cl)cc2c1-c1ccc(F)cc1)N1CCS(=O)(=O)CC1. The molecule has 6 rings (SSSR count). The molecule has 10 heteroatoms. The average molecular weight is 561 g/mol. The monoisotopic (exact) mass is 560 g/mol. The maximum absolute atomic E-state index is 13.7. The van der Waals surface area contributed by atoms with Crippen LogP contribution >= 0.6 is 11.6 Å². The van der Waals surface area contributed by atoms with Crippen LogP contribution in [0.25, 0.3) is 22.1 Å². The third kappa shape index (κ3) is 5.03. The van der Waals surface area contributed by atoms with Crippen LogP contribution in [-0.4, -0.2) is 74.0 Å². The quantitative estimate of drug-likeness (QED) is 0.429. The fraction of sp³-hybridized carbons (Fsp3) is 0.464. The van der Waals surface area contributed by atoms with Crippen LogP contribution in [0.3, 0.4) is 0 Å². The number of likely N-dealkylation sites (tertiary alicyclic amines) is 1. The van der Waals surface area contributed by atoms with E-state index in [1.807, 2.05) is 0 Å². The highest BCUT2D eigenvalue weighted by Crippen LogP contribution is 2.41. The number of sulfone groups is 1. The molecule has 1 amide bonds. The summed E-state index contributed by atoms with van der Waals surface area (Å²) in [5, 5.41) is 1.02.